The fourth-order valence-electron chi connectivity index (χ4n) is 1.50. The molecule has 0 fully saturated rings. The van der Waals surface area contributed by atoms with Gasteiger partial charge in [0.25, 0.3) is 0 Å². The third-order valence-corrected chi connectivity index (χ3v) is 2.50. The maximum atomic E-state index is 12.4. The number of halogens is 3. The predicted octanol–water partition coefficient (Wildman–Crippen LogP) is 1.35. The molecule has 1 aromatic rings. The summed E-state index contributed by atoms with van der Waals surface area (Å²) < 4.78 is 38.0. The number of anilines is 1. The minimum atomic E-state index is -4.56. The first-order valence-electron chi connectivity index (χ1n) is 5.47. The van der Waals surface area contributed by atoms with Gasteiger partial charge in [0, 0.05) is 19.2 Å². The summed E-state index contributed by atoms with van der Waals surface area (Å²) in [6, 6.07) is 0.718. The Morgan fingerprint density at radius 1 is 1.44 bits per heavy atom. The van der Waals surface area contributed by atoms with Crippen molar-refractivity contribution >= 4 is 11.7 Å². The zero-order valence-electron chi connectivity index (χ0n) is 10.2. The number of aromatic nitrogens is 2. The van der Waals surface area contributed by atoms with E-state index >= 15 is 0 Å². The number of carbonyl (C=O) groups is 1. The molecule has 0 bridgehead atoms. The van der Waals surface area contributed by atoms with Gasteiger partial charge in [-0.05, 0) is 13.8 Å². The average Bonchev–Trinajstić information content (AvgIpc) is 2.62. The lowest BCUT2D eigenvalue weighted by molar-refractivity contribution is -0.142. The van der Waals surface area contributed by atoms with E-state index in [-0.39, 0.29) is 18.3 Å². The first-order chi connectivity index (χ1) is 8.29. The Kier molecular flexibility index (Phi) is 4.20. The third kappa shape index (κ3) is 3.14. The SMILES string of the molecule is CCN(CC)C(=O)Cn1nc(C(F)(F)F)cc1N. The van der Waals surface area contributed by atoms with Crippen molar-refractivity contribution in [2.24, 2.45) is 0 Å². The molecule has 8 heteroatoms. The maximum absolute atomic E-state index is 12.4. The van der Waals surface area contributed by atoms with Crippen LogP contribution in [0.3, 0.4) is 0 Å². The maximum Gasteiger partial charge on any atom is 0.435 e. The van der Waals surface area contributed by atoms with E-state index < -0.39 is 11.9 Å². The molecule has 0 aliphatic heterocycles. The Morgan fingerprint density at radius 3 is 2.39 bits per heavy atom. The smallest absolute Gasteiger partial charge is 0.384 e. The fourth-order valence-corrected chi connectivity index (χ4v) is 1.50. The summed E-state index contributed by atoms with van der Waals surface area (Å²) in [6.07, 6.45) is -4.56. The van der Waals surface area contributed by atoms with E-state index in [0.717, 1.165) is 10.7 Å². The monoisotopic (exact) mass is 264 g/mol. The van der Waals surface area contributed by atoms with Crippen LogP contribution in [-0.2, 0) is 17.5 Å². The van der Waals surface area contributed by atoms with Crippen LogP contribution in [0.25, 0.3) is 0 Å². The summed E-state index contributed by atoms with van der Waals surface area (Å²) in [4.78, 5) is 13.2. The number of carbonyl (C=O) groups excluding carboxylic acids is 1. The van der Waals surface area contributed by atoms with Crippen molar-refractivity contribution < 1.29 is 18.0 Å². The van der Waals surface area contributed by atoms with Gasteiger partial charge in [0.2, 0.25) is 5.91 Å². The number of nitrogens with zero attached hydrogens (tertiary/aromatic N) is 3. The molecular weight excluding hydrogens is 249 g/mol. The van der Waals surface area contributed by atoms with Crippen molar-refractivity contribution in [2.45, 2.75) is 26.6 Å². The summed E-state index contributed by atoms with van der Waals surface area (Å²) in [5.41, 5.74) is 4.31. The molecule has 0 atom stereocenters. The van der Waals surface area contributed by atoms with Crippen molar-refractivity contribution in [1.82, 2.24) is 14.7 Å². The lowest BCUT2D eigenvalue weighted by Crippen LogP contribution is -2.34. The van der Waals surface area contributed by atoms with E-state index in [4.69, 9.17) is 5.73 Å². The first-order valence-corrected chi connectivity index (χ1v) is 5.47. The summed E-state index contributed by atoms with van der Waals surface area (Å²) in [7, 11) is 0. The van der Waals surface area contributed by atoms with Gasteiger partial charge in [0.1, 0.15) is 12.4 Å². The average molecular weight is 264 g/mol. The second-order valence-corrected chi connectivity index (χ2v) is 3.68. The highest BCUT2D eigenvalue weighted by atomic mass is 19.4. The minimum absolute atomic E-state index is 0.178. The Bertz CT molecular complexity index is 423. The second kappa shape index (κ2) is 5.28. The van der Waals surface area contributed by atoms with Crippen LogP contribution in [0.5, 0.6) is 0 Å². The van der Waals surface area contributed by atoms with Gasteiger partial charge in [-0.3, -0.25) is 4.79 Å². The number of hydrogen-bond donors (Lipinski definition) is 1. The third-order valence-electron chi connectivity index (χ3n) is 2.50. The molecule has 0 saturated carbocycles. The molecule has 0 aliphatic rings. The lowest BCUT2D eigenvalue weighted by Gasteiger charge is -2.18. The summed E-state index contributed by atoms with van der Waals surface area (Å²) in [5.74, 6) is -0.494. The molecule has 1 rings (SSSR count). The fraction of sp³-hybridized carbons (Fsp3) is 0.600. The highest BCUT2D eigenvalue weighted by Gasteiger charge is 2.34. The molecule has 2 N–H and O–H groups in total. The predicted molar refractivity (Wildman–Crippen MR) is 59.6 cm³/mol. The minimum Gasteiger partial charge on any atom is -0.384 e. The van der Waals surface area contributed by atoms with Gasteiger partial charge >= 0.3 is 6.18 Å². The normalized spacial score (nSPS) is 11.6. The molecule has 18 heavy (non-hydrogen) atoms. The van der Waals surface area contributed by atoms with Crippen LogP contribution in [0, 0.1) is 0 Å². The molecule has 1 aromatic heterocycles. The topological polar surface area (TPSA) is 64.2 Å². The Morgan fingerprint density at radius 2 is 2.00 bits per heavy atom. The van der Waals surface area contributed by atoms with Crippen molar-refractivity contribution in [3.05, 3.63) is 11.8 Å². The van der Waals surface area contributed by atoms with Crippen LogP contribution in [0.2, 0.25) is 0 Å². The van der Waals surface area contributed by atoms with Crippen LogP contribution < -0.4 is 5.73 Å². The molecule has 0 saturated heterocycles. The van der Waals surface area contributed by atoms with Crippen molar-refractivity contribution in [3.8, 4) is 0 Å². The van der Waals surface area contributed by atoms with Gasteiger partial charge in [-0.1, -0.05) is 0 Å². The van der Waals surface area contributed by atoms with E-state index in [1.165, 1.54) is 4.90 Å². The molecule has 102 valence electrons. The largest absolute Gasteiger partial charge is 0.435 e. The number of amides is 1. The number of hydrogen-bond acceptors (Lipinski definition) is 3. The first kappa shape index (κ1) is 14.3. The highest BCUT2D eigenvalue weighted by Crippen LogP contribution is 2.29. The molecular formula is C10H15F3N4O. The summed E-state index contributed by atoms with van der Waals surface area (Å²) in [5, 5.41) is 3.29. The second-order valence-electron chi connectivity index (χ2n) is 3.68. The number of rotatable bonds is 4. The number of nitrogen functional groups attached to an aromatic ring is 1. The summed E-state index contributed by atoms with van der Waals surface area (Å²) >= 11 is 0. The molecule has 0 aromatic carbocycles. The van der Waals surface area contributed by atoms with Crippen LogP contribution in [0.1, 0.15) is 19.5 Å². The zero-order chi connectivity index (χ0) is 13.9. The molecule has 1 amide bonds. The van der Waals surface area contributed by atoms with Crippen LogP contribution >= 0.6 is 0 Å². The van der Waals surface area contributed by atoms with Gasteiger partial charge in [-0.2, -0.15) is 18.3 Å². The number of alkyl halides is 3. The van der Waals surface area contributed by atoms with E-state index in [2.05, 4.69) is 5.10 Å². The standard InChI is InChI=1S/C10H15F3N4O/c1-3-16(4-2)9(18)6-17-8(14)5-7(15-17)10(11,12)13/h5H,3-4,6,14H2,1-2H3. The van der Waals surface area contributed by atoms with E-state index in [1.54, 1.807) is 13.8 Å². The van der Waals surface area contributed by atoms with Crippen LogP contribution in [-0.4, -0.2) is 33.7 Å². The number of likely N-dealkylation sites (N-methyl/N-ethyl adjacent to an activating group) is 1. The van der Waals surface area contributed by atoms with Gasteiger partial charge in [-0.15, -0.1) is 0 Å². The van der Waals surface area contributed by atoms with Crippen molar-refractivity contribution in [3.63, 3.8) is 0 Å². The van der Waals surface area contributed by atoms with Crippen LogP contribution in [0.4, 0.5) is 19.0 Å². The quantitative estimate of drug-likeness (QED) is 0.892. The molecule has 0 radical (unpaired) electrons. The Labute approximate surface area is 102 Å². The van der Waals surface area contributed by atoms with E-state index in [1.807, 2.05) is 0 Å². The Balaban J connectivity index is 2.86. The zero-order valence-corrected chi connectivity index (χ0v) is 10.2. The molecule has 1 heterocycles. The molecule has 0 unspecified atom stereocenters. The van der Waals surface area contributed by atoms with Crippen molar-refractivity contribution in [1.29, 1.82) is 0 Å². The van der Waals surface area contributed by atoms with Gasteiger partial charge in [-0.25, -0.2) is 4.68 Å². The number of nitrogens with two attached hydrogens (primary N) is 1. The summed E-state index contributed by atoms with van der Waals surface area (Å²) in [6.45, 7) is 4.26. The van der Waals surface area contributed by atoms with Crippen LogP contribution in [0.15, 0.2) is 6.07 Å². The van der Waals surface area contributed by atoms with Crippen molar-refractivity contribution in [2.75, 3.05) is 18.8 Å². The molecule has 0 spiro atoms. The highest BCUT2D eigenvalue weighted by molar-refractivity contribution is 5.76. The van der Waals surface area contributed by atoms with E-state index in [9.17, 15) is 18.0 Å². The Hall–Kier alpha value is -1.73. The lowest BCUT2D eigenvalue weighted by atomic mass is 10.4. The molecule has 0 aliphatic carbocycles. The van der Waals surface area contributed by atoms with E-state index in [0.29, 0.717) is 13.1 Å². The van der Waals surface area contributed by atoms with Gasteiger partial charge in [0.15, 0.2) is 5.69 Å². The molecule has 5 nitrogen and oxygen atoms in total. The van der Waals surface area contributed by atoms with Gasteiger partial charge in [0.05, 0.1) is 0 Å². The van der Waals surface area contributed by atoms with Gasteiger partial charge < -0.3 is 10.6 Å².